The van der Waals surface area contributed by atoms with Gasteiger partial charge >= 0.3 is 0 Å². The highest BCUT2D eigenvalue weighted by molar-refractivity contribution is 5.23. The molecule has 1 aromatic rings. The summed E-state index contributed by atoms with van der Waals surface area (Å²) in [6.07, 6.45) is 5.24. The minimum atomic E-state index is 0.774. The van der Waals surface area contributed by atoms with E-state index in [1.807, 2.05) is 12.4 Å². The van der Waals surface area contributed by atoms with Crippen molar-refractivity contribution >= 4 is 6.20 Å². The molecule has 0 aromatic carbocycles. The van der Waals surface area contributed by atoms with Crippen molar-refractivity contribution in [2.75, 3.05) is 0 Å². The molecular weight excluding hydrogens is 116 g/mol. The molecule has 0 amide bonds. The molecule has 1 aliphatic rings. The molecule has 1 aliphatic heterocycles. The molecule has 1 aromatic heterocycles. The smallest absolute Gasteiger partial charge is 0.150 e. The van der Waals surface area contributed by atoms with Crippen molar-refractivity contribution in [2.24, 2.45) is 0 Å². The van der Waals surface area contributed by atoms with Crippen LogP contribution in [0.25, 0.3) is 6.20 Å². The molecule has 4 nitrogen and oxygen atoms in total. The summed E-state index contributed by atoms with van der Waals surface area (Å²) < 4.78 is 1.75. The number of hydrogen-bond acceptors (Lipinski definition) is 3. The van der Waals surface area contributed by atoms with Crippen LogP contribution in [0.4, 0.5) is 0 Å². The van der Waals surface area contributed by atoms with Gasteiger partial charge in [0.25, 0.3) is 0 Å². The summed E-state index contributed by atoms with van der Waals surface area (Å²) in [5, 5.41) is 6.96. The average molecular weight is 122 g/mol. The van der Waals surface area contributed by atoms with Crippen molar-refractivity contribution in [3.05, 3.63) is 18.4 Å². The topological polar surface area (TPSA) is 42.7 Å². The molecular formula is C5H6N4. The van der Waals surface area contributed by atoms with Crippen molar-refractivity contribution in [3.8, 4) is 0 Å². The van der Waals surface area contributed by atoms with Crippen LogP contribution in [0.2, 0.25) is 0 Å². The Morgan fingerprint density at radius 1 is 1.67 bits per heavy atom. The van der Waals surface area contributed by atoms with E-state index in [-0.39, 0.29) is 0 Å². The van der Waals surface area contributed by atoms with Gasteiger partial charge in [-0.1, -0.05) is 0 Å². The van der Waals surface area contributed by atoms with Crippen LogP contribution in [0.3, 0.4) is 0 Å². The van der Waals surface area contributed by atoms with Crippen LogP contribution in [-0.4, -0.2) is 14.8 Å². The molecule has 2 rings (SSSR count). The summed E-state index contributed by atoms with van der Waals surface area (Å²) in [5.74, 6) is 0.956. The fourth-order valence-corrected chi connectivity index (χ4v) is 0.799. The molecule has 1 N–H and O–H groups in total. The highest BCUT2D eigenvalue weighted by atomic mass is 15.3. The van der Waals surface area contributed by atoms with Crippen LogP contribution < -0.4 is 5.32 Å². The summed E-state index contributed by atoms with van der Waals surface area (Å²) in [6, 6.07) is 0. The maximum Gasteiger partial charge on any atom is 0.150 e. The molecule has 0 fully saturated rings. The molecule has 0 saturated carbocycles. The molecule has 46 valence electrons. The maximum absolute atomic E-state index is 3.99. The van der Waals surface area contributed by atoms with Gasteiger partial charge in [-0.3, -0.25) is 0 Å². The second kappa shape index (κ2) is 1.58. The number of aromatic nitrogens is 3. The van der Waals surface area contributed by atoms with E-state index in [9.17, 15) is 0 Å². The predicted octanol–water partition coefficient (Wildman–Crippen LogP) is -0.191. The lowest BCUT2D eigenvalue weighted by Crippen LogP contribution is -2.14. The zero-order chi connectivity index (χ0) is 6.10. The Hall–Kier alpha value is -1.32. The van der Waals surface area contributed by atoms with Crippen LogP contribution in [-0.2, 0) is 6.54 Å². The van der Waals surface area contributed by atoms with Gasteiger partial charge in [0, 0.05) is 12.4 Å². The van der Waals surface area contributed by atoms with E-state index in [1.165, 1.54) is 0 Å². The zero-order valence-corrected chi connectivity index (χ0v) is 4.78. The first kappa shape index (κ1) is 4.55. The molecule has 0 atom stereocenters. The fourth-order valence-electron chi connectivity index (χ4n) is 0.799. The van der Waals surface area contributed by atoms with Crippen molar-refractivity contribution in [3.63, 3.8) is 0 Å². The Kier molecular flexibility index (Phi) is 0.798. The van der Waals surface area contributed by atoms with E-state index in [4.69, 9.17) is 0 Å². The van der Waals surface area contributed by atoms with Gasteiger partial charge in [0.1, 0.15) is 6.33 Å². The van der Waals surface area contributed by atoms with Gasteiger partial charge in [-0.05, 0) is 0 Å². The first-order valence-electron chi connectivity index (χ1n) is 2.75. The normalized spacial score (nSPS) is 14.7. The zero-order valence-electron chi connectivity index (χ0n) is 4.78. The summed E-state index contributed by atoms with van der Waals surface area (Å²) >= 11 is 0. The third-order valence-electron chi connectivity index (χ3n) is 1.24. The van der Waals surface area contributed by atoms with Crippen molar-refractivity contribution in [2.45, 2.75) is 6.54 Å². The number of rotatable bonds is 0. The van der Waals surface area contributed by atoms with E-state index in [2.05, 4.69) is 15.4 Å². The largest absolute Gasteiger partial charge is 0.382 e. The number of nitrogens with zero attached hydrogens (tertiary/aromatic N) is 3. The molecule has 9 heavy (non-hydrogen) atoms. The molecule has 0 bridgehead atoms. The van der Waals surface area contributed by atoms with E-state index in [1.54, 1.807) is 11.0 Å². The van der Waals surface area contributed by atoms with Gasteiger partial charge in [-0.2, -0.15) is 5.10 Å². The number of fused-ring (bicyclic) bond motifs is 1. The molecule has 0 radical (unpaired) electrons. The highest BCUT2D eigenvalue weighted by Crippen LogP contribution is 1.97. The molecule has 2 heterocycles. The Bertz CT molecular complexity index is 237. The first-order valence-corrected chi connectivity index (χ1v) is 2.75. The summed E-state index contributed by atoms with van der Waals surface area (Å²) in [4.78, 5) is 3.99. The lowest BCUT2D eigenvalue weighted by Gasteiger charge is -2.05. The molecule has 0 spiro atoms. The molecule has 0 saturated heterocycles. The minimum Gasteiger partial charge on any atom is -0.382 e. The van der Waals surface area contributed by atoms with Gasteiger partial charge in [0.2, 0.25) is 0 Å². The molecule has 0 unspecified atom stereocenters. The minimum absolute atomic E-state index is 0.774. The van der Waals surface area contributed by atoms with Crippen LogP contribution in [0, 0.1) is 0 Å². The summed E-state index contributed by atoms with van der Waals surface area (Å²) in [6.45, 7) is 0.774. The molecule has 4 heteroatoms. The number of hydrogen-bond donors (Lipinski definition) is 1. The van der Waals surface area contributed by atoms with Crippen LogP contribution in [0.1, 0.15) is 5.82 Å². The number of nitrogens with one attached hydrogen (secondary N) is 1. The third kappa shape index (κ3) is 0.595. The highest BCUT2D eigenvalue weighted by Gasteiger charge is 2.01. The van der Waals surface area contributed by atoms with E-state index in [0.29, 0.717) is 0 Å². The van der Waals surface area contributed by atoms with E-state index < -0.39 is 0 Å². The van der Waals surface area contributed by atoms with Crippen LogP contribution >= 0.6 is 0 Å². The predicted molar refractivity (Wildman–Crippen MR) is 32.2 cm³/mol. The van der Waals surface area contributed by atoms with Gasteiger partial charge in [-0.15, -0.1) is 0 Å². The Labute approximate surface area is 52.2 Å². The SMILES string of the molecule is C1=Cn2ncnc2CN1. The van der Waals surface area contributed by atoms with Crippen molar-refractivity contribution < 1.29 is 0 Å². The lowest BCUT2D eigenvalue weighted by molar-refractivity contribution is 0.725. The summed E-state index contributed by atoms with van der Waals surface area (Å²) in [5.41, 5.74) is 0. The average Bonchev–Trinajstić information content (AvgIpc) is 2.33. The Balaban J connectivity index is 2.53. The van der Waals surface area contributed by atoms with Crippen molar-refractivity contribution in [1.29, 1.82) is 0 Å². The second-order valence-corrected chi connectivity index (χ2v) is 1.82. The second-order valence-electron chi connectivity index (χ2n) is 1.82. The fraction of sp³-hybridized carbons (Fsp3) is 0.200. The summed E-state index contributed by atoms with van der Waals surface area (Å²) in [7, 11) is 0. The van der Waals surface area contributed by atoms with Crippen molar-refractivity contribution in [1.82, 2.24) is 20.1 Å². The standard InChI is InChI=1S/C5H6N4/c1-2-9-5(3-6-1)7-4-8-9/h1-2,4,6H,3H2. The maximum atomic E-state index is 3.99. The van der Waals surface area contributed by atoms with E-state index >= 15 is 0 Å². The molecule has 0 aliphatic carbocycles. The quantitative estimate of drug-likeness (QED) is 0.518. The van der Waals surface area contributed by atoms with E-state index in [0.717, 1.165) is 12.4 Å². The third-order valence-corrected chi connectivity index (χ3v) is 1.24. The monoisotopic (exact) mass is 122 g/mol. The first-order chi connectivity index (χ1) is 4.47. The lowest BCUT2D eigenvalue weighted by atomic mass is 10.5. The Morgan fingerprint density at radius 3 is 3.56 bits per heavy atom. The van der Waals surface area contributed by atoms with Crippen LogP contribution in [0.15, 0.2) is 12.5 Å². The van der Waals surface area contributed by atoms with Gasteiger partial charge in [-0.25, -0.2) is 9.67 Å². The van der Waals surface area contributed by atoms with Gasteiger partial charge in [0.15, 0.2) is 5.82 Å². The van der Waals surface area contributed by atoms with Gasteiger partial charge < -0.3 is 5.32 Å². The van der Waals surface area contributed by atoms with Gasteiger partial charge in [0.05, 0.1) is 6.54 Å². The Morgan fingerprint density at radius 2 is 2.67 bits per heavy atom. The van der Waals surface area contributed by atoms with Crippen LogP contribution in [0.5, 0.6) is 0 Å².